The van der Waals surface area contributed by atoms with Crippen molar-refractivity contribution in [1.82, 2.24) is 10.2 Å². The maximum absolute atomic E-state index is 11.9. The third-order valence-corrected chi connectivity index (χ3v) is 2.91. The van der Waals surface area contributed by atoms with Crippen molar-refractivity contribution in [1.29, 1.82) is 0 Å². The van der Waals surface area contributed by atoms with E-state index in [2.05, 4.69) is 19.2 Å². The van der Waals surface area contributed by atoms with Crippen LogP contribution in [0.1, 0.15) is 41.0 Å². The number of carbonyl (C=O) groups excluding carboxylic acids is 1. The summed E-state index contributed by atoms with van der Waals surface area (Å²) in [5.41, 5.74) is 0. The van der Waals surface area contributed by atoms with Crippen LogP contribution in [-0.2, 0) is 4.79 Å². The van der Waals surface area contributed by atoms with Crippen molar-refractivity contribution < 1.29 is 4.79 Å². The van der Waals surface area contributed by atoms with Gasteiger partial charge in [0.25, 0.3) is 0 Å². The Bertz CT molecular complexity index is 178. The van der Waals surface area contributed by atoms with Crippen LogP contribution in [-0.4, -0.2) is 36.5 Å². The lowest BCUT2D eigenvalue weighted by molar-refractivity contribution is -0.132. The zero-order valence-corrected chi connectivity index (χ0v) is 10.8. The normalized spacial score (nSPS) is 14.7. The number of carbonyl (C=O) groups is 1. The molecule has 2 atom stereocenters. The fraction of sp³-hybridized carbons (Fsp3) is 0.917. The highest BCUT2D eigenvalue weighted by Gasteiger charge is 2.17. The summed E-state index contributed by atoms with van der Waals surface area (Å²) in [6, 6.07) is -0.0566. The molecule has 0 saturated heterocycles. The molecule has 0 aliphatic carbocycles. The van der Waals surface area contributed by atoms with Crippen molar-refractivity contribution in [3.8, 4) is 0 Å². The maximum Gasteiger partial charge on any atom is 0.239 e. The van der Waals surface area contributed by atoms with E-state index >= 15 is 0 Å². The summed E-state index contributed by atoms with van der Waals surface area (Å²) in [6.07, 6.45) is 1.15. The van der Waals surface area contributed by atoms with Crippen LogP contribution < -0.4 is 5.32 Å². The van der Waals surface area contributed by atoms with Gasteiger partial charge in [0.15, 0.2) is 0 Å². The van der Waals surface area contributed by atoms with Gasteiger partial charge in [0.05, 0.1) is 6.04 Å². The first-order valence-electron chi connectivity index (χ1n) is 6.08. The minimum absolute atomic E-state index is 0.0566. The molecule has 0 aliphatic rings. The number of nitrogens with zero attached hydrogens (tertiary/aromatic N) is 1. The molecule has 3 nitrogen and oxygen atoms in total. The standard InChI is InChI=1S/C12H26N2O/c1-6-10(4)9-13-11(5)12(15)14(7-2)8-3/h10-11,13H,6-9H2,1-5H3. The van der Waals surface area contributed by atoms with E-state index in [1.165, 1.54) is 0 Å². The molecular weight excluding hydrogens is 188 g/mol. The fourth-order valence-electron chi connectivity index (χ4n) is 1.42. The van der Waals surface area contributed by atoms with E-state index in [0.29, 0.717) is 5.92 Å². The first-order valence-corrected chi connectivity index (χ1v) is 6.08. The molecule has 15 heavy (non-hydrogen) atoms. The quantitative estimate of drug-likeness (QED) is 0.702. The summed E-state index contributed by atoms with van der Waals surface area (Å²) in [4.78, 5) is 13.7. The van der Waals surface area contributed by atoms with Crippen molar-refractivity contribution in [3.05, 3.63) is 0 Å². The molecule has 0 radical (unpaired) electrons. The monoisotopic (exact) mass is 214 g/mol. The Kier molecular flexibility index (Phi) is 7.39. The Morgan fingerprint density at radius 3 is 2.13 bits per heavy atom. The molecule has 0 aliphatic heterocycles. The summed E-state index contributed by atoms with van der Waals surface area (Å²) < 4.78 is 0. The lowest BCUT2D eigenvalue weighted by Crippen LogP contribution is -2.45. The number of likely N-dealkylation sites (N-methyl/N-ethyl adjacent to an activating group) is 1. The Morgan fingerprint density at radius 1 is 1.20 bits per heavy atom. The highest BCUT2D eigenvalue weighted by Crippen LogP contribution is 2.00. The Hall–Kier alpha value is -0.570. The molecule has 0 aromatic heterocycles. The van der Waals surface area contributed by atoms with Crippen molar-refractivity contribution in [2.45, 2.75) is 47.1 Å². The van der Waals surface area contributed by atoms with Crippen LogP contribution in [0.5, 0.6) is 0 Å². The number of amides is 1. The highest BCUT2D eigenvalue weighted by molar-refractivity contribution is 5.81. The molecule has 90 valence electrons. The van der Waals surface area contributed by atoms with E-state index in [9.17, 15) is 4.79 Å². The molecule has 1 N–H and O–H groups in total. The molecule has 2 unspecified atom stereocenters. The second kappa shape index (κ2) is 7.69. The van der Waals surface area contributed by atoms with E-state index < -0.39 is 0 Å². The van der Waals surface area contributed by atoms with E-state index in [4.69, 9.17) is 0 Å². The first-order chi connectivity index (χ1) is 7.06. The minimum Gasteiger partial charge on any atom is -0.342 e. The van der Waals surface area contributed by atoms with Crippen LogP contribution in [0.4, 0.5) is 0 Å². The smallest absolute Gasteiger partial charge is 0.239 e. The van der Waals surface area contributed by atoms with Gasteiger partial charge < -0.3 is 10.2 Å². The molecule has 0 rings (SSSR count). The minimum atomic E-state index is -0.0566. The van der Waals surface area contributed by atoms with E-state index in [1.54, 1.807) is 0 Å². The topological polar surface area (TPSA) is 32.3 Å². The van der Waals surface area contributed by atoms with Crippen molar-refractivity contribution >= 4 is 5.91 Å². The number of nitrogens with one attached hydrogen (secondary N) is 1. The Labute approximate surface area is 94.2 Å². The Morgan fingerprint density at radius 2 is 1.73 bits per heavy atom. The first kappa shape index (κ1) is 14.4. The average Bonchev–Trinajstić information content (AvgIpc) is 2.26. The van der Waals surface area contributed by atoms with Gasteiger partial charge in [0.2, 0.25) is 5.91 Å². The van der Waals surface area contributed by atoms with Gasteiger partial charge >= 0.3 is 0 Å². The van der Waals surface area contributed by atoms with Crippen LogP contribution in [0.2, 0.25) is 0 Å². The van der Waals surface area contributed by atoms with Gasteiger partial charge in [-0.05, 0) is 33.2 Å². The van der Waals surface area contributed by atoms with Gasteiger partial charge in [0, 0.05) is 13.1 Å². The van der Waals surface area contributed by atoms with Crippen molar-refractivity contribution in [2.24, 2.45) is 5.92 Å². The fourth-order valence-corrected chi connectivity index (χ4v) is 1.42. The van der Waals surface area contributed by atoms with Gasteiger partial charge in [0.1, 0.15) is 0 Å². The third-order valence-electron chi connectivity index (χ3n) is 2.91. The van der Waals surface area contributed by atoms with Crippen LogP contribution in [0.15, 0.2) is 0 Å². The molecular formula is C12H26N2O. The van der Waals surface area contributed by atoms with E-state index in [-0.39, 0.29) is 11.9 Å². The molecule has 0 spiro atoms. The van der Waals surface area contributed by atoms with Crippen LogP contribution >= 0.6 is 0 Å². The second-order valence-corrected chi connectivity index (χ2v) is 4.15. The molecule has 0 aromatic rings. The largest absolute Gasteiger partial charge is 0.342 e. The zero-order valence-electron chi connectivity index (χ0n) is 10.8. The van der Waals surface area contributed by atoms with Crippen molar-refractivity contribution in [2.75, 3.05) is 19.6 Å². The highest BCUT2D eigenvalue weighted by atomic mass is 16.2. The maximum atomic E-state index is 11.9. The summed E-state index contributed by atoms with van der Waals surface area (Å²) in [5.74, 6) is 0.847. The summed E-state index contributed by atoms with van der Waals surface area (Å²) >= 11 is 0. The van der Waals surface area contributed by atoms with E-state index in [0.717, 1.165) is 26.1 Å². The van der Waals surface area contributed by atoms with Crippen LogP contribution in [0.25, 0.3) is 0 Å². The molecule has 1 amide bonds. The SMILES string of the molecule is CCC(C)CNC(C)C(=O)N(CC)CC. The molecule has 0 saturated carbocycles. The predicted molar refractivity (Wildman–Crippen MR) is 64.8 cm³/mol. The number of rotatable bonds is 7. The number of hydrogen-bond donors (Lipinski definition) is 1. The lowest BCUT2D eigenvalue weighted by Gasteiger charge is -2.24. The third kappa shape index (κ3) is 5.17. The molecule has 0 bridgehead atoms. The molecule has 0 fully saturated rings. The van der Waals surface area contributed by atoms with Crippen molar-refractivity contribution in [3.63, 3.8) is 0 Å². The molecule has 3 heteroatoms. The second-order valence-electron chi connectivity index (χ2n) is 4.15. The van der Waals surface area contributed by atoms with Gasteiger partial charge in [-0.2, -0.15) is 0 Å². The molecule has 0 aromatic carbocycles. The lowest BCUT2D eigenvalue weighted by atomic mass is 10.1. The van der Waals surface area contributed by atoms with Gasteiger partial charge in [-0.3, -0.25) is 4.79 Å². The van der Waals surface area contributed by atoms with E-state index in [1.807, 2.05) is 25.7 Å². The predicted octanol–water partition coefficient (Wildman–Crippen LogP) is 1.88. The summed E-state index contributed by atoms with van der Waals surface area (Å²) in [6.45, 7) is 12.9. The van der Waals surface area contributed by atoms with Gasteiger partial charge in [-0.1, -0.05) is 20.3 Å². The van der Waals surface area contributed by atoms with Crippen LogP contribution in [0.3, 0.4) is 0 Å². The molecule has 0 heterocycles. The average molecular weight is 214 g/mol. The van der Waals surface area contributed by atoms with Gasteiger partial charge in [-0.15, -0.1) is 0 Å². The van der Waals surface area contributed by atoms with Crippen LogP contribution in [0, 0.1) is 5.92 Å². The van der Waals surface area contributed by atoms with Gasteiger partial charge in [-0.25, -0.2) is 0 Å². The zero-order chi connectivity index (χ0) is 11.8. The summed E-state index contributed by atoms with van der Waals surface area (Å²) in [5, 5.41) is 3.29. The number of hydrogen-bond acceptors (Lipinski definition) is 2. The Balaban J connectivity index is 3.97. The summed E-state index contributed by atoms with van der Waals surface area (Å²) in [7, 11) is 0.